The van der Waals surface area contributed by atoms with E-state index < -0.39 is 28.7 Å². The summed E-state index contributed by atoms with van der Waals surface area (Å²) in [7, 11) is 0. The van der Waals surface area contributed by atoms with Crippen LogP contribution >= 0.6 is 0 Å². The lowest BCUT2D eigenvalue weighted by molar-refractivity contribution is -0.384. The molecule has 0 aromatic heterocycles. The second kappa shape index (κ2) is 7.17. The van der Waals surface area contributed by atoms with E-state index in [0.29, 0.717) is 0 Å². The molecule has 8 nitrogen and oxygen atoms in total. The average Bonchev–Trinajstić information content (AvgIpc) is 2.40. The van der Waals surface area contributed by atoms with Crippen LogP contribution < -0.4 is 10.6 Å². The summed E-state index contributed by atoms with van der Waals surface area (Å²) in [6.07, 6.45) is 0.209. The summed E-state index contributed by atoms with van der Waals surface area (Å²) >= 11 is 0. The van der Waals surface area contributed by atoms with Crippen molar-refractivity contribution in [1.29, 1.82) is 0 Å². The summed E-state index contributed by atoms with van der Waals surface area (Å²) < 4.78 is 13.4. The molecule has 3 N–H and O–H groups in total. The molecular weight excluding hydrogens is 285 g/mol. The number of halogens is 1. The van der Waals surface area contributed by atoms with Crippen LogP contribution in [0.1, 0.15) is 13.3 Å². The lowest BCUT2D eigenvalue weighted by Crippen LogP contribution is -2.31. The fourth-order valence-electron chi connectivity index (χ4n) is 1.41. The summed E-state index contributed by atoms with van der Waals surface area (Å²) in [6.45, 7) is 1.57. The van der Waals surface area contributed by atoms with Gasteiger partial charge in [-0.15, -0.1) is 0 Å². The number of amides is 2. The zero-order valence-electron chi connectivity index (χ0n) is 11.1. The van der Waals surface area contributed by atoms with E-state index in [1.54, 1.807) is 0 Å². The van der Waals surface area contributed by atoms with Crippen LogP contribution in [0.15, 0.2) is 18.2 Å². The van der Waals surface area contributed by atoms with E-state index in [9.17, 15) is 24.1 Å². The summed E-state index contributed by atoms with van der Waals surface area (Å²) in [6, 6.07) is 1.98. The van der Waals surface area contributed by atoms with Gasteiger partial charge >= 0.3 is 12.0 Å². The van der Waals surface area contributed by atoms with Crippen LogP contribution in [0.25, 0.3) is 0 Å². The highest BCUT2D eigenvalue weighted by Crippen LogP contribution is 2.20. The predicted molar refractivity (Wildman–Crippen MR) is 71.5 cm³/mol. The molecule has 0 saturated carbocycles. The van der Waals surface area contributed by atoms with Crippen molar-refractivity contribution < 1.29 is 24.0 Å². The van der Waals surface area contributed by atoms with Crippen LogP contribution in [0.3, 0.4) is 0 Å². The Balaban J connectivity index is 2.57. The maximum absolute atomic E-state index is 13.4. The molecule has 0 aliphatic rings. The molecule has 21 heavy (non-hydrogen) atoms. The minimum absolute atomic E-state index is 0.0792. The molecule has 0 saturated heterocycles. The van der Waals surface area contributed by atoms with Crippen molar-refractivity contribution in [2.75, 3.05) is 11.9 Å². The van der Waals surface area contributed by atoms with E-state index in [2.05, 4.69) is 10.6 Å². The van der Waals surface area contributed by atoms with Gasteiger partial charge in [-0.25, -0.2) is 9.18 Å². The summed E-state index contributed by atoms with van der Waals surface area (Å²) in [5.74, 6) is -2.42. The maximum atomic E-state index is 13.4. The number of nitro benzene ring substituents is 1. The summed E-state index contributed by atoms with van der Waals surface area (Å²) in [5.41, 5.74) is -0.681. The highest BCUT2D eigenvalue weighted by atomic mass is 19.1. The van der Waals surface area contributed by atoms with E-state index in [1.165, 1.54) is 6.92 Å². The Bertz CT molecular complexity index is 564. The third-order valence-corrected chi connectivity index (χ3v) is 2.69. The topological polar surface area (TPSA) is 122 Å². The molecule has 0 aliphatic carbocycles. The average molecular weight is 299 g/mol. The molecule has 1 aromatic rings. The molecule has 0 aliphatic heterocycles. The molecule has 1 rings (SSSR count). The first-order valence-corrected chi connectivity index (χ1v) is 6.03. The molecule has 0 bridgehead atoms. The number of benzene rings is 1. The zero-order chi connectivity index (χ0) is 16.0. The molecule has 114 valence electrons. The molecule has 1 aromatic carbocycles. The molecule has 0 heterocycles. The van der Waals surface area contributed by atoms with Gasteiger partial charge in [-0.3, -0.25) is 14.9 Å². The van der Waals surface area contributed by atoms with Gasteiger partial charge in [0.05, 0.1) is 16.5 Å². The van der Waals surface area contributed by atoms with Crippen molar-refractivity contribution in [3.05, 3.63) is 34.1 Å². The third kappa shape index (κ3) is 5.05. The highest BCUT2D eigenvalue weighted by molar-refractivity contribution is 5.89. The minimum Gasteiger partial charge on any atom is -0.481 e. The van der Waals surface area contributed by atoms with E-state index in [4.69, 9.17) is 5.11 Å². The quantitative estimate of drug-likeness (QED) is 0.547. The van der Waals surface area contributed by atoms with E-state index >= 15 is 0 Å². The van der Waals surface area contributed by atoms with Crippen LogP contribution in [0.5, 0.6) is 0 Å². The normalized spacial score (nSPS) is 11.5. The van der Waals surface area contributed by atoms with Crippen molar-refractivity contribution >= 4 is 23.4 Å². The first-order chi connectivity index (χ1) is 9.81. The van der Waals surface area contributed by atoms with Crippen molar-refractivity contribution in [3.8, 4) is 0 Å². The van der Waals surface area contributed by atoms with E-state index in [-0.39, 0.29) is 24.3 Å². The van der Waals surface area contributed by atoms with Crippen LogP contribution in [0, 0.1) is 21.8 Å². The maximum Gasteiger partial charge on any atom is 0.319 e. The molecule has 0 spiro atoms. The summed E-state index contributed by atoms with van der Waals surface area (Å²) in [5, 5.41) is 23.7. The Hall–Kier alpha value is -2.71. The number of non-ortho nitro benzene ring substituents is 1. The van der Waals surface area contributed by atoms with Crippen molar-refractivity contribution in [2.24, 2.45) is 5.92 Å². The number of carbonyl (C=O) groups is 2. The molecule has 1 unspecified atom stereocenters. The number of nitro groups is 1. The number of carboxylic acid groups (broad SMARTS) is 1. The summed E-state index contributed by atoms with van der Waals surface area (Å²) in [4.78, 5) is 31.9. The number of nitrogens with zero attached hydrogens (tertiary/aromatic N) is 1. The van der Waals surface area contributed by atoms with Gasteiger partial charge in [0.1, 0.15) is 5.82 Å². The molecule has 1 atom stereocenters. The monoisotopic (exact) mass is 299 g/mol. The number of aliphatic carboxylic acids is 1. The van der Waals surface area contributed by atoms with E-state index in [1.807, 2.05) is 0 Å². The predicted octanol–water partition coefficient (Wildman–Crippen LogP) is 1.97. The number of carbonyl (C=O) groups excluding carboxylic acids is 1. The molecular formula is C12H14FN3O5. The van der Waals surface area contributed by atoms with Gasteiger partial charge in [-0.1, -0.05) is 6.92 Å². The van der Waals surface area contributed by atoms with Gasteiger partial charge in [0, 0.05) is 18.7 Å². The van der Waals surface area contributed by atoms with Crippen molar-refractivity contribution in [1.82, 2.24) is 5.32 Å². The third-order valence-electron chi connectivity index (χ3n) is 2.69. The number of hydrogen-bond donors (Lipinski definition) is 3. The Morgan fingerprint density at radius 3 is 2.71 bits per heavy atom. The highest BCUT2D eigenvalue weighted by Gasteiger charge is 2.14. The van der Waals surface area contributed by atoms with Gasteiger partial charge in [0.2, 0.25) is 0 Å². The van der Waals surface area contributed by atoms with Gasteiger partial charge < -0.3 is 15.7 Å². The number of hydrogen-bond acceptors (Lipinski definition) is 4. The number of urea groups is 1. The molecule has 0 radical (unpaired) electrons. The van der Waals surface area contributed by atoms with Crippen LogP contribution in [0.2, 0.25) is 0 Å². The number of carboxylic acids is 1. The lowest BCUT2D eigenvalue weighted by atomic mass is 10.1. The Morgan fingerprint density at radius 1 is 1.48 bits per heavy atom. The number of anilines is 1. The standard InChI is InChI=1S/C12H14FN3O5/c1-7(11(17)18)4-5-14-12(19)15-10-6-8(16(20)21)2-3-9(10)13/h2-3,6-7H,4-5H2,1H3,(H,17,18)(H2,14,15,19). The van der Waals surface area contributed by atoms with Crippen LogP contribution in [-0.2, 0) is 4.79 Å². The van der Waals surface area contributed by atoms with Gasteiger partial charge in [0.25, 0.3) is 5.69 Å². The Morgan fingerprint density at radius 2 is 2.14 bits per heavy atom. The van der Waals surface area contributed by atoms with Gasteiger partial charge in [0.15, 0.2) is 0 Å². The van der Waals surface area contributed by atoms with Gasteiger partial charge in [-0.05, 0) is 12.5 Å². The van der Waals surface area contributed by atoms with Gasteiger partial charge in [-0.2, -0.15) is 0 Å². The SMILES string of the molecule is CC(CCNC(=O)Nc1cc([N+](=O)[O-])ccc1F)C(=O)O. The number of rotatable bonds is 6. The van der Waals surface area contributed by atoms with E-state index in [0.717, 1.165) is 18.2 Å². The second-order valence-corrected chi connectivity index (χ2v) is 4.33. The second-order valence-electron chi connectivity index (χ2n) is 4.33. The first-order valence-electron chi connectivity index (χ1n) is 6.03. The van der Waals surface area contributed by atoms with Crippen LogP contribution in [0.4, 0.5) is 20.6 Å². The Kier molecular flexibility index (Phi) is 5.58. The first kappa shape index (κ1) is 16.3. The number of nitrogens with one attached hydrogen (secondary N) is 2. The van der Waals surface area contributed by atoms with Crippen molar-refractivity contribution in [3.63, 3.8) is 0 Å². The molecule has 9 heteroatoms. The zero-order valence-corrected chi connectivity index (χ0v) is 11.1. The fraction of sp³-hybridized carbons (Fsp3) is 0.333. The van der Waals surface area contributed by atoms with Crippen LogP contribution in [-0.4, -0.2) is 28.6 Å². The van der Waals surface area contributed by atoms with Crippen molar-refractivity contribution in [2.45, 2.75) is 13.3 Å². The Labute approximate surface area is 119 Å². The molecule has 2 amide bonds. The lowest BCUT2D eigenvalue weighted by Gasteiger charge is -2.09. The minimum atomic E-state index is -0.984. The fourth-order valence-corrected chi connectivity index (χ4v) is 1.41. The molecule has 0 fully saturated rings. The largest absolute Gasteiger partial charge is 0.481 e. The smallest absolute Gasteiger partial charge is 0.319 e.